The third-order valence-corrected chi connectivity index (χ3v) is 4.76. The van der Waals surface area contributed by atoms with Gasteiger partial charge < -0.3 is 14.8 Å². The summed E-state index contributed by atoms with van der Waals surface area (Å²) in [6, 6.07) is 9.25. The van der Waals surface area contributed by atoms with Crippen molar-refractivity contribution < 1.29 is 18.7 Å². The summed E-state index contributed by atoms with van der Waals surface area (Å²) < 4.78 is 26.0. The van der Waals surface area contributed by atoms with Crippen LogP contribution in [0, 0.1) is 5.82 Å². The summed E-state index contributed by atoms with van der Waals surface area (Å²) >= 11 is 5.82. The molecule has 1 aromatic carbocycles. The van der Waals surface area contributed by atoms with Crippen molar-refractivity contribution in [3.63, 3.8) is 0 Å². The molecule has 0 bridgehead atoms. The Morgan fingerprint density at radius 3 is 2.57 bits per heavy atom. The molecule has 0 unspecified atom stereocenters. The van der Waals surface area contributed by atoms with Crippen LogP contribution in [0.1, 0.15) is 32.9 Å². The number of methoxy groups -OCH3 is 2. The first-order valence-corrected chi connectivity index (χ1v) is 9.73. The van der Waals surface area contributed by atoms with Gasteiger partial charge in [-0.1, -0.05) is 24.3 Å². The molecule has 2 heterocycles. The van der Waals surface area contributed by atoms with Gasteiger partial charge in [-0.3, -0.25) is 14.5 Å². The maximum atomic E-state index is 14.2. The summed E-state index contributed by atoms with van der Waals surface area (Å²) in [6.07, 6.45) is 3.07. The van der Waals surface area contributed by atoms with Crippen molar-refractivity contribution in [2.45, 2.75) is 25.6 Å². The quantitative estimate of drug-likeness (QED) is 0.525. The summed E-state index contributed by atoms with van der Waals surface area (Å²) in [5.74, 6) is -0.474. The van der Waals surface area contributed by atoms with Crippen molar-refractivity contribution in [2.75, 3.05) is 14.2 Å². The summed E-state index contributed by atoms with van der Waals surface area (Å²) in [4.78, 5) is 16.7. The molecule has 1 amide bonds. The smallest absolute Gasteiger partial charge is 0.255 e. The van der Waals surface area contributed by atoms with Crippen molar-refractivity contribution in [3.8, 4) is 5.75 Å². The Bertz CT molecular complexity index is 1010. The second kappa shape index (κ2) is 10.2. The average Bonchev–Trinajstić information content (AvgIpc) is 3.16. The first kappa shape index (κ1) is 21.7. The number of alkyl halides is 1. The maximum absolute atomic E-state index is 14.2. The standard InChI is InChI=1S/C21H22ClFN4O3/c1-29-13-18-16(12-27(26-18)11-15-5-3-14(9-22)4-6-15)21(28)25-10-17-20(23)19(30-2)7-8-24-17/h3-8,12H,9-11,13H2,1-2H3,(H,25,28). The fraction of sp³-hybridized carbons (Fsp3) is 0.286. The van der Waals surface area contributed by atoms with Crippen LogP contribution >= 0.6 is 11.6 Å². The number of hydrogen-bond donors (Lipinski definition) is 1. The third-order valence-electron chi connectivity index (χ3n) is 4.45. The molecule has 7 nitrogen and oxygen atoms in total. The van der Waals surface area contributed by atoms with Crippen molar-refractivity contribution in [1.82, 2.24) is 20.1 Å². The number of aromatic nitrogens is 3. The minimum Gasteiger partial charge on any atom is -0.494 e. The first-order valence-electron chi connectivity index (χ1n) is 9.20. The Kier molecular flexibility index (Phi) is 7.37. The SMILES string of the molecule is COCc1nn(Cc2ccc(CCl)cc2)cc1C(=O)NCc1nccc(OC)c1F. The summed E-state index contributed by atoms with van der Waals surface area (Å²) in [7, 11) is 2.90. The molecule has 3 rings (SSSR count). The van der Waals surface area contributed by atoms with E-state index in [2.05, 4.69) is 15.4 Å². The fourth-order valence-electron chi connectivity index (χ4n) is 2.90. The molecule has 3 aromatic rings. The molecule has 0 aliphatic carbocycles. The topological polar surface area (TPSA) is 78.3 Å². The van der Waals surface area contributed by atoms with Crippen LogP contribution in [0.15, 0.2) is 42.7 Å². The summed E-state index contributed by atoms with van der Waals surface area (Å²) in [5.41, 5.74) is 2.98. The number of carbonyl (C=O) groups excluding carboxylic acids is 1. The van der Waals surface area contributed by atoms with E-state index in [1.54, 1.807) is 10.9 Å². The highest BCUT2D eigenvalue weighted by molar-refractivity contribution is 6.17. The largest absolute Gasteiger partial charge is 0.494 e. The van der Waals surface area contributed by atoms with Gasteiger partial charge in [-0.05, 0) is 11.1 Å². The van der Waals surface area contributed by atoms with Crippen LogP contribution in [-0.2, 0) is 30.3 Å². The van der Waals surface area contributed by atoms with Crippen LogP contribution < -0.4 is 10.1 Å². The number of pyridine rings is 1. The molecule has 1 N–H and O–H groups in total. The van der Waals surface area contributed by atoms with Crippen molar-refractivity contribution in [3.05, 3.63) is 76.6 Å². The van der Waals surface area contributed by atoms with E-state index in [0.717, 1.165) is 11.1 Å². The molecule has 0 fully saturated rings. The maximum Gasteiger partial charge on any atom is 0.255 e. The van der Waals surface area contributed by atoms with Gasteiger partial charge >= 0.3 is 0 Å². The molecule has 0 aliphatic heterocycles. The summed E-state index contributed by atoms with van der Waals surface area (Å²) in [5, 5.41) is 7.13. The zero-order valence-corrected chi connectivity index (χ0v) is 17.4. The van der Waals surface area contributed by atoms with Crippen molar-refractivity contribution in [1.29, 1.82) is 0 Å². The number of carbonyl (C=O) groups is 1. The molecule has 0 saturated heterocycles. The highest BCUT2D eigenvalue weighted by atomic mass is 35.5. The van der Waals surface area contributed by atoms with Gasteiger partial charge in [-0.25, -0.2) is 4.39 Å². The minimum absolute atomic E-state index is 0.0716. The molecule has 0 spiro atoms. The normalized spacial score (nSPS) is 10.8. The van der Waals surface area contributed by atoms with E-state index in [4.69, 9.17) is 21.1 Å². The lowest BCUT2D eigenvalue weighted by Gasteiger charge is -2.08. The molecule has 30 heavy (non-hydrogen) atoms. The summed E-state index contributed by atoms with van der Waals surface area (Å²) in [6.45, 7) is 0.574. The zero-order chi connectivity index (χ0) is 21.5. The van der Waals surface area contributed by atoms with Gasteiger partial charge in [0.25, 0.3) is 5.91 Å². The number of nitrogens with one attached hydrogen (secondary N) is 1. The van der Waals surface area contributed by atoms with E-state index in [1.807, 2.05) is 24.3 Å². The number of amides is 1. The van der Waals surface area contributed by atoms with Crippen LogP contribution in [0.4, 0.5) is 4.39 Å². The predicted molar refractivity (Wildman–Crippen MR) is 110 cm³/mol. The van der Waals surface area contributed by atoms with E-state index in [0.29, 0.717) is 23.7 Å². The molecule has 0 aliphatic rings. The molecule has 0 atom stereocenters. The molecule has 0 saturated carbocycles. The number of nitrogens with zero attached hydrogens (tertiary/aromatic N) is 3. The second-order valence-electron chi connectivity index (χ2n) is 6.53. The monoisotopic (exact) mass is 432 g/mol. The van der Waals surface area contributed by atoms with E-state index < -0.39 is 11.7 Å². The number of rotatable bonds is 9. The molecule has 9 heteroatoms. The molecule has 158 valence electrons. The lowest BCUT2D eigenvalue weighted by molar-refractivity contribution is 0.0945. The molecule has 2 aromatic heterocycles. The van der Waals surface area contributed by atoms with Crippen LogP contribution in [0.5, 0.6) is 5.75 Å². The second-order valence-corrected chi connectivity index (χ2v) is 6.79. The Hall–Kier alpha value is -2.97. The number of ether oxygens (including phenoxy) is 2. The highest BCUT2D eigenvalue weighted by Gasteiger charge is 2.18. The van der Waals surface area contributed by atoms with E-state index in [9.17, 15) is 9.18 Å². The van der Waals surface area contributed by atoms with Crippen molar-refractivity contribution >= 4 is 17.5 Å². The van der Waals surface area contributed by atoms with Crippen LogP contribution in [-0.4, -0.2) is 34.9 Å². The lowest BCUT2D eigenvalue weighted by atomic mass is 10.1. The number of hydrogen-bond acceptors (Lipinski definition) is 5. The van der Waals surface area contributed by atoms with Crippen LogP contribution in [0.25, 0.3) is 0 Å². The van der Waals surface area contributed by atoms with Crippen LogP contribution in [0.2, 0.25) is 0 Å². The van der Waals surface area contributed by atoms with Gasteiger partial charge in [0, 0.05) is 31.4 Å². The lowest BCUT2D eigenvalue weighted by Crippen LogP contribution is -2.24. The van der Waals surface area contributed by atoms with Gasteiger partial charge in [0.2, 0.25) is 0 Å². The van der Waals surface area contributed by atoms with E-state index in [-0.39, 0.29) is 24.6 Å². The Morgan fingerprint density at radius 1 is 1.17 bits per heavy atom. The number of halogens is 2. The third kappa shape index (κ3) is 5.14. The van der Waals surface area contributed by atoms with Crippen molar-refractivity contribution in [2.24, 2.45) is 0 Å². The highest BCUT2D eigenvalue weighted by Crippen LogP contribution is 2.18. The molecular formula is C21H22ClFN4O3. The van der Waals surface area contributed by atoms with Gasteiger partial charge in [-0.15, -0.1) is 11.6 Å². The van der Waals surface area contributed by atoms with Gasteiger partial charge in [0.1, 0.15) is 5.69 Å². The Morgan fingerprint density at radius 2 is 1.90 bits per heavy atom. The average molecular weight is 433 g/mol. The zero-order valence-electron chi connectivity index (χ0n) is 16.7. The number of benzene rings is 1. The predicted octanol–water partition coefficient (Wildman–Crippen LogP) is 3.29. The van der Waals surface area contributed by atoms with E-state index >= 15 is 0 Å². The minimum atomic E-state index is -0.603. The van der Waals surface area contributed by atoms with Gasteiger partial charge in [0.05, 0.1) is 38.1 Å². The van der Waals surface area contributed by atoms with Crippen LogP contribution in [0.3, 0.4) is 0 Å². The van der Waals surface area contributed by atoms with Gasteiger partial charge in [0.15, 0.2) is 11.6 Å². The Balaban J connectivity index is 1.74. The molecular weight excluding hydrogens is 411 g/mol. The Labute approximate surface area is 178 Å². The fourth-order valence-corrected chi connectivity index (χ4v) is 3.08. The van der Waals surface area contributed by atoms with Gasteiger partial charge in [-0.2, -0.15) is 5.10 Å². The molecule has 0 radical (unpaired) electrons. The van der Waals surface area contributed by atoms with E-state index in [1.165, 1.54) is 26.5 Å². The first-order chi connectivity index (χ1) is 14.5.